The third-order valence-electron chi connectivity index (χ3n) is 4.60. The van der Waals surface area contributed by atoms with E-state index in [4.69, 9.17) is 4.74 Å². The van der Waals surface area contributed by atoms with Crippen molar-refractivity contribution in [2.75, 3.05) is 0 Å². The Balaban J connectivity index is 1.63. The van der Waals surface area contributed by atoms with Crippen LogP contribution in [-0.2, 0) is 6.42 Å². The van der Waals surface area contributed by atoms with E-state index in [1.165, 1.54) is 18.4 Å². The lowest BCUT2D eigenvalue weighted by Crippen LogP contribution is -2.38. The summed E-state index contributed by atoms with van der Waals surface area (Å²) in [4.78, 5) is 0. The SMILES string of the molecule is CC1CCC(C(O)C2Cc3ccccc3O2)CC1. The van der Waals surface area contributed by atoms with Gasteiger partial charge in [-0.25, -0.2) is 0 Å². The highest BCUT2D eigenvalue weighted by molar-refractivity contribution is 5.37. The van der Waals surface area contributed by atoms with Crippen LogP contribution in [0.3, 0.4) is 0 Å². The molecule has 2 aliphatic rings. The largest absolute Gasteiger partial charge is 0.487 e. The molecule has 0 bridgehead atoms. The van der Waals surface area contributed by atoms with Gasteiger partial charge in [0.2, 0.25) is 0 Å². The van der Waals surface area contributed by atoms with Crippen molar-refractivity contribution in [2.24, 2.45) is 11.8 Å². The van der Waals surface area contributed by atoms with E-state index < -0.39 is 0 Å². The Kier molecular flexibility index (Phi) is 3.29. The van der Waals surface area contributed by atoms with E-state index in [0.717, 1.165) is 30.9 Å². The van der Waals surface area contributed by atoms with Gasteiger partial charge in [-0.05, 0) is 36.3 Å². The van der Waals surface area contributed by atoms with Crippen LogP contribution in [0.15, 0.2) is 24.3 Å². The lowest BCUT2D eigenvalue weighted by atomic mass is 9.78. The van der Waals surface area contributed by atoms with E-state index in [-0.39, 0.29) is 12.2 Å². The van der Waals surface area contributed by atoms with Gasteiger partial charge in [0, 0.05) is 6.42 Å². The second kappa shape index (κ2) is 4.93. The maximum absolute atomic E-state index is 10.5. The van der Waals surface area contributed by atoms with Crippen molar-refractivity contribution in [3.05, 3.63) is 29.8 Å². The molecule has 3 rings (SSSR count). The molecular weight excluding hydrogens is 224 g/mol. The number of aliphatic hydroxyl groups excluding tert-OH is 1. The average molecular weight is 246 g/mol. The Bertz CT molecular complexity index is 382. The van der Waals surface area contributed by atoms with Crippen molar-refractivity contribution in [1.29, 1.82) is 0 Å². The minimum absolute atomic E-state index is 0.0270. The van der Waals surface area contributed by atoms with Gasteiger partial charge in [-0.15, -0.1) is 0 Å². The Hall–Kier alpha value is -1.02. The van der Waals surface area contributed by atoms with E-state index in [1.807, 2.05) is 18.2 Å². The van der Waals surface area contributed by atoms with Gasteiger partial charge in [0.1, 0.15) is 11.9 Å². The van der Waals surface area contributed by atoms with Crippen LogP contribution in [0, 0.1) is 11.8 Å². The van der Waals surface area contributed by atoms with Crippen molar-refractivity contribution in [3.63, 3.8) is 0 Å². The van der Waals surface area contributed by atoms with Crippen molar-refractivity contribution in [2.45, 2.75) is 51.2 Å². The topological polar surface area (TPSA) is 29.5 Å². The van der Waals surface area contributed by atoms with Crippen LogP contribution >= 0.6 is 0 Å². The van der Waals surface area contributed by atoms with Gasteiger partial charge in [-0.1, -0.05) is 38.0 Å². The molecule has 1 aliphatic heterocycles. The fourth-order valence-electron chi connectivity index (χ4n) is 3.33. The molecule has 1 saturated carbocycles. The van der Waals surface area contributed by atoms with Crippen molar-refractivity contribution in [3.8, 4) is 5.75 Å². The molecule has 1 aromatic carbocycles. The van der Waals surface area contributed by atoms with Crippen LogP contribution in [0.2, 0.25) is 0 Å². The van der Waals surface area contributed by atoms with Crippen LogP contribution < -0.4 is 4.74 Å². The summed E-state index contributed by atoms with van der Waals surface area (Å²) in [5.41, 5.74) is 1.24. The monoisotopic (exact) mass is 246 g/mol. The zero-order valence-electron chi connectivity index (χ0n) is 11.0. The van der Waals surface area contributed by atoms with Crippen LogP contribution in [0.5, 0.6) is 5.75 Å². The molecule has 98 valence electrons. The summed E-state index contributed by atoms with van der Waals surface area (Å²) in [7, 11) is 0. The smallest absolute Gasteiger partial charge is 0.129 e. The van der Waals surface area contributed by atoms with Gasteiger partial charge in [0.15, 0.2) is 0 Å². The molecule has 0 radical (unpaired) electrons. The van der Waals surface area contributed by atoms with Crippen molar-refractivity contribution >= 4 is 0 Å². The number of para-hydroxylation sites is 1. The second-order valence-corrected chi connectivity index (χ2v) is 5.98. The standard InChI is InChI=1S/C16H22O2/c1-11-6-8-12(9-7-11)16(17)15-10-13-4-2-3-5-14(13)18-15/h2-5,11-12,15-17H,6-10H2,1H3. The van der Waals surface area contributed by atoms with Gasteiger partial charge in [0.25, 0.3) is 0 Å². The molecule has 18 heavy (non-hydrogen) atoms. The number of fused-ring (bicyclic) bond motifs is 1. The fourth-order valence-corrected chi connectivity index (χ4v) is 3.33. The minimum Gasteiger partial charge on any atom is -0.487 e. The molecule has 0 amide bonds. The number of hydrogen-bond donors (Lipinski definition) is 1. The van der Waals surface area contributed by atoms with Crippen LogP contribution in [0.1, 0.15) is 38.2 Å². The van der Waals surface area contributed by atoms with Gasteiger partial charge >= 0.3 is 0 Å². The molecular formula is C16H22O2. The quantitative estimate of drug-likeness (QED) is 0.868. The molecule has 1 aliphatic carbocycles. The predicted octanol–water partition coefficient (Wildman–Crippen LogP) is 3.18. The van der Waals surface area contributed by atoms with Crippen LogP contribution in [-0.4, -0.2) is 17.3 Å². The highest BCUT2D eigenvalue weighted by atomic mass is 16.5. The average Bonchev–Trinajstić information content (AvgIpc) is 2.82. The molecule has 2 atom stereocenters. The maximum atomic E-state index is 10.5. The van der Waals surface area contributed by atoms with Crippen molar-refractivity contribution < 1.29 is 9.84 Å². The first-order chi connectivity index (χ1) is 8.74. The first-order valence-corrected chi connectivity index (χ1v) is 7.16. The molecule has 1 heterocycles. The van der Waals surface area contributed by atoms with Crippen LogP contribution in [0.4, 0.5) is 0 Å². The molecule has 0 saturated heterocycles. The van der Waals surface area contributed by atoms with Gasteiger partial charge < -0.3 is 9.84 Å². The first-order valence-electron chi connectivity index (χ1n) is 7.16. The molecule has 0 aromatic heterocycles. The lowest BCUT2D eigenvalue weighted by molar-refractivity contribution is -0.00785. The number of ether oxygens (including phenoxy) is 1. The zero-order chi connectivity index (χ0) is 12.5. The molecule has 0 spiro atoms. The second-order valence-electron chi connectivity index (χ2n) is 5.98. The number of benzene rings is 1. The van der Waals surface area contributed by atoms with Gasteiger partial charge in [-0.2, -0.15) is 0 Å². The highest BCUT2D eigenvalue weighted by Gasteiger charge is 2.35. The lowest BCUT2D eigenvalue weighted by Gasteiger charge is -2.32. The van der Waals surface area contributed by atoms with E-state index in [0.29, 0.717) is 5.92 Å². The summed E-state index contributed by atoms with van der Waals surface area (Å²) in [6.45, 7) is 2.31. The molecule has 2 heteroatoms. The third-order valence-corrected chi connectivity index (χ3v) is 4.60. The number of rotatable bonds is 2. The Labute approximate surface area is 109 Å². The van der Waals surface area contributed by atoms with E-state index in [2.05, 4.69) is 13.0 Å². The molecule has 1 N–H and O–H groups in total. The Morgan fingerprint density at radius 1 is 1.17 bits per heavy atom. The number of aliphatic hydroxyl groups is 1. The molecule has 1 aromatic rings. The van der Waals surface area contributed by atoms with E-state index in [9.17, 15) is 5.11 Å². The minimum atomic E-state index is -0.301. The predicted molar refractivity (Wildman–Crippen MR) is 71.7 cm³/mol. The zero-order valence-corrected chi connectivity index (χ0v) is 11.0. The summed E-state index contributed by atoms with van der Waals surface area (Å²) in [6, 6.07) is 8.14. The summed E-state index contributed by atoms with van der Waals surface area (Å²) < 4.78 is 5.90. The maximum Gasteiger partial charge on any atom is 0.129 e. The molecule has 2 nitrogen and oxygen atoms in total. The van der Waals surface area contributed by atoms with E-state index >= 15 is 0 Å². The number of hydrogen-bond acceptors (Lipinski definition) is 2. The van der Waals surface area contributed by atoms with E-state index in [1.54, 1.807) is 0 Å². The highest BCUT2D eigenvalue weighted by Crippen LogP contribution is 2.36. The summed E-state index contributed by atoms with van der Waals surface area (Å²) in [5, 5.41) is 10.5. The van der Waals surface area contributed by atoms with Gasteiger partial charge in [-0.3, -0.25) is 0 Å². The third kappa shape index (κ3) is 2.26. The summed E-state index contributed by atoms with van der Waals surface area (Å²) in [6.07, 6.45) is 5.34. The Morgan fingerprint density at radius 3 is 2.61 bits per heavy atom. The normalized spacial score (nSPS) is 32.7. The summed E-state index contributed by atoms with van der Waals surface area (Å²) in [5.74, 6) is 2.22. The Morgan fingerprint density at radius 2 is 1.89 bits per heavy atom. The van der Waals surface area contributed by atoms with Crippen LogP contribution in [0.25, 0.3) is 0 Å². The molecule has 1 fully saturated rings. The summed E-state index contributed by atoms with van der Waals surface area (Å²) >= 11 is 0. The van der Waals surface area contributed by atoms with Gasteiger partial charge in [0.05, 0.1) is 6.10 Å². The first kappa shape index (κ1) is 12.0. The fraction of sp³-hybridized carbons (Fsp3) is 0.625. The molecule has 2 unspecified atom stereocenters. The van der Waals surface area contributed by atoms with Crippen molar-refractivity contribution in [1.82, 2.24) is 0 Å².